The molecule has 5 heteroatoms. The average molecular weight is 586 g/mol. The molecule has 1 saturated heterocycles. The molecule has 2 aliphatic rings. The van der Waals surface area contributed by atoms with Gasteiger partial charge >= 0.3 is 5.97 Å². The van der Waals surface area contributed by atoms with Crippen molar-refractivity contribution >= 4 is 17.3 Å². The molecular formula is C39H43N3O2. The first-order valence-corrected chi connectivity index (χ1v) is 16.0. The molecule has 0 amide bonds. The van der Waals surface area contributed by atoms with Crippen LogP contribution in [0.15, 0.2) is 96.8 Å². The van der Waals surface area contributed by atoms with E-state index in [1.165, 1.54) is 55.6 Å². The van der Waals surface area contributed by atoms with Crippen LogP contribution in [0.5, 0.6) is 5.75 Å². The highest BCUT2D eigenvalue weighted by atomic mass is 16.5. The van der Waals surface area contributed by atoms with E-state index >= 15 is 0 Å². The molecule has 2 N–H and O–H groups in total. The predicted octanol–water partition coefficient (Wildman–Crippen LogP) is 9.09. The Morgan fingerprint density at radius 3 is 2.48 bits per heavy atom. The minimum absolute atomic E-state index is 0.357. The summed E-state index contributed by atoms with van der Waals surface area (Å²) in [6.45, 7) is 10.3. The van der Waals surface area contributed by atoms with E-state index in [0.29, 0.717) is 17.2 Å². The van der Waals surface area contributed by atoms with E-state index in [2.05, 4.69) is 78.8 Å². The fourth-order valence-electron chi connectivity index (χ4n) is 6.54. The van der Waals surface area contributed by atoms with E-state index in [4.69, 9.17) is 4.74 Å². The fourth-order valence-corrected chi connectivity index (χ4v) is 6.54. The molecule has 6 rings (SSSR count). The maximum absolute atomic E-state index is 12.7. The Morgan fingerprint density at radius 2 is 1.70 bits per heavy atom. The van der Waals surface area contributed by atoms with E-state index in [9.17, 15) is 4.79 Å². The number of allylic oxidation sites excluding steroid dienone is 1. The number of nitrogens with zero attached hydrogens (tertiary/aromatic N) is 1. The maximum Gasteiger partial charge on any atom is 0.343 e. The van der Waals surface area contributed by atoms with E-state index in [0.717, 1.165) is 46.7 Å². The monoisotopic (exact) mass is 585 g/mol. The molecule has 2 aliphatic heterocycles. The second-order valence-electron chi connectivity index (χ2n) is 12.3. The number of carbonyl (C=O) groups is 1. The van der Waals surface area contributed by atoms with Crippen LogP contribution in [0.1, 0.15) is 71.1 Å². The number of nitrogens with one attached hydrogen (secondary N) is 2. The van der Waals surface area contributed by atoms with Crippen LogP contribution in [0.3, 0.4) is 0 Å². The van der Waals surface area contributed by atoms with Gasteiger partial charge < -0.3 is 20.3 Å². The Kier molecular flexibility index (Phi) is 9.13. The summed E-state index contributed by atoms with van der Waals surface area (Å²) in [6.07, 6.45) is 8.26. The summed E-state index contributed by atoms with van der Waals surface area (Å²) in [4.78, 5) is 15.3. The molecule has 1 fully saturated rings. The minimum Gasteiger partial charge on any atom is -0.423 e. The van der Waals surface area contributed by atoms with Gasteiger partial charge in [0.2, 0.25) is 0 Å². The normalized spacial score (nSPS) is 16.4. The lowest BCUT2D eigenvalue weighted by atomic mass is 9.89. The van der Waals surface area contributed by atoms with E-state index in [1.54, 1.807) is 12.1 Å². The molecule has 5 nitrogen and oxygen atoms in total. The standard InChI is InChI=1S/C39H43N3O2/c1-27-13-19-34(44-39(43)31-11-5-4-6-12-31)26-35(27)32-24-29(3)38-28(2)14-20-37(41-36(38)25-32)40-33-17-15-30(16-18-33)10-9-23-42-21-7-8-22-42/h4-6,11-13,15-20,24-26,28,40-41H,7-10,14,21-23H2,1-3H3. The molecule has 0 aromatic heterocycles. The lowest BCUT2D eigenvalue weighted by molar-refractivity contribution is 0.0735. The highest BCUT2D eigenvalue weighted by Crippen LogP contribution is 2.39. The van der Waals surface area contributed by atoms with Crippen molar-refractivity contribution in [2.45, 2.75) is 58.8 Å². The first-order valence-electron chi connectivity index (χ1n) is 16.0. The average Bonchev–Trinajstić information content (AvgIpc) is 3.49. The first-order chi connectivity index (χ1) is 21.4. The van der Waals surface area contributed by atoms with Crippen LogP contribution < -0.4 is 15.4 Å². The number of carbonyl (C=O) groups excluding carboxylic acids is 1. The van der Waals surface area contributed by atoms with Crippen molar-refractivity contribution in [3.8, 4) is 16.9 Å². The van der Waals surface area contributed by atoms with Crippen LogP contribution in [-0.4, -0.2) is 30.5 Å². The number of hydrogen-bond acceptors (Lipinski definition) is 5. The smallest absolute Gasteiger partial charge is 0.343 e. The topological polar surface area (TPSA) is 53.6 Å². The summed E-state index contributed by atoms with van der Waals surface area (Å²) in [5.74, 6) is 1.55. The molecule has 0 radical (unpaired) electrons. The maximum atomic E-state index is 12.7. The highest BCUT2D eigenvalue weighted by molar-refractivity contribution is 5.91. The number of likely N-dealkylation sites (tertiary alicyclic amines) is 1. The lowest BCUT2D eigenvalue weighted by Gasteiger charge is -2.20. The molecule has 0 aliphatic carbocycles. The van der Waals surface area contributed by atoms with Gasteiger partial charge in [0.05, 0.1) is 5.56 Å². The predicted molar refractivity (Wildman–Crippen MR) is 182 cm³/mol. The van der Waals surface area contributed by atoms with E-state index in [-0.39, 0.29) is 5.97 Å². The van der Waals surface area contributed by atoms with Crippen molar-refractivity contribution in [3.05, 3.63) is 125 Å². The number of hydrogen-bond donors (Lipinski definition) is 2. The molecule has 0 bridgehead atoms. The first kappa shape index (κ1) is 29.7. The quantitative estimate of drug-likeness (QED) is 0.152. The van der Waals surface area contributed by atoms with Crippen molar-refractivity contribution in [2.75, 3.05) is 30.3 Å². The van der Waals surface area contributed by atoms with Gasteiger partial charge in [-0.3, -0.25) is 0 Å². The van der Waals surface area contributed by atoms with Gasteiger partial charge in [-0.1, -0.05) is 49.4 Å². The largest absolute Gasteiger partial charge is 0.423 e. The van der Waals surface area contributed by atoms with Gasteiger partial charge in [-0.15, -0.1) is 0 Å². The third-order valence-electron chi connectivity index (χ3n) is 8.94. The van der Waals surface area contributed by atoms with Gasteiger partial charge in [-0.05, 0) is 153 Å². The van der Waals surface area contributed by atoms with Crippen LogP contribution in [0.4, 0.5) is 11.4 Å². The van der Waals surface area contributed by atoms with E-state index in [1.807, 2.05) is 36.4 Å². The molecular weight excluding hydrogens is 542 g/mol. The van der Waals surface area contributed by atoms with Gasteiger partial charge in [0.15, 0.2) is 0 Å². The molecule has 226 valence electrons. The Labute approximate surface area is 262 Å². The zero-order chi connectivity index (χ0) is 30.5. The van der Waals surface area contributed by atoms with Gasteiger partial charge in [-0.25, -0.2) is 4.79 Å². The number of anilines is 2. The van der Waals surface area contributed by atoms with Crippen LogP contribution in [0.2, 0.25) is 0 Å². The number of rotatable bonds is 9. The van der Waals surface area contributed by atoms with Crippen molar-refractivity contribution < 1.29 is 9.53 Å². The van der Waals surface area contributed by atoms with Crippen molar-refractivity contribution in [3.63, 3.8) is 0 Å². The minimum atomic E-state index is -0.357. The van der Waals surface area contributed by atoms with Crippen molar-refractivity contribution in [1.29, 1.82) is 0 Å². The number of fused-ring (bicyclic) bond motifs is 1. The molecule has 2 heterocycles. The number of aryl methyl sites for hydroxylation is 3. The Balaban J connectivity index is 1.17. The van der Waals surface area contributed by atoms with Gasteiger partial charge in [-0.2, -0.15) is 0 Å². The summed E-state index contributed by atoms with van der Waals surface area (Å²) < 4.78 is 5.76. The lowest BCUT2D eigenvalue weighted by Crippen LogP contribution is -2.20. The second-order valence-corrected chi connectivity index (χ2v) is 12.3. The molecule has 1 atom stereocenters. The molecule has 0 spiro atoms. The third-order valence-corrected chi connectivity index (χ3v) is 8.94. The molecule has 44 heavy (non-hydrogen) atoms. The van der Waals surface area contributed by atoms with E-state index < -0.39 is 0 Å². The number of esters is 1. The molecule has 0 saturated carbocycles. The summed E-state index contributed by atoms with van der Waals surface area (Å²) in [5.41, 5.74) is 9.96. The summed E-state index contributed by atoms with van der Waals surface area (Å²) >= 11 is 0. The van der Waals surface area contributed by atoms with Crippen LogP contribution >= 0.6 is 0 Å². The summed E-state index contributed by atoms with van der Waals surface area (Å²) in [7, 11) is 0. The Hall–Kier alpha value is -4.35. The van der Waals surface area contributed by atoms with Gasteiger partial charge in [0, 0.05) is 11.4 Å². The highest BCUT2D eigenvalue weighted by Gasteiger charge is 2.20. The summed E-state index contributed by atoms with van der Waals surface area (Å²) in [6, 6.07) is 28.3. The summed E-state index contributed by atoms with van der Waals surface area (Å²) in [5, 5.41) is 7.35. The van der Waals surface area contributed by atoms with Gasteiger partial charge in [0.1, 0.15) is 11.6 Å². The molecule has 4 aromatic carbocycles. The number of ether oxygens (including phenoxy) is 1. The second kappa shape index (κ2) is 13.5. The zero-order valence-corrected chi connectivity index (χ0v) is 26.2. The Bertz CT molecular complexity index is 1640. The SMILES string of the molecule is Cc1ccc(OC(=O)c2ccccc2)cc1-c1cc(C)c2c(c1)NC(Nc1ccc(CCCN3CCCC3)cc1)=CCC2C. The van der Waals surface area contributed by atoms with Crippen molar-refractivity contribution in [1.82, 2.24) is 4.90 Å². The van der Waals surface area contributed by atoms with Crippen molar-refractivity contribution in [2.24, 2.45) is 0 Å². The van der Waals surface area contributed by atoms with Gasteiger partial charge in [0.25, 0.3) is 0 Å². The van der Waals surface area contributed by atoms with Crippen LogP contribution in [0.25, 0.3) is 11.1 Å². The fraction of sp³-hybridized carbons (Fsp3) is 0.308. The molecule has 4 aromatic rings. The van der Waals surface area contributed by atoms with Crippen LogP contribution in [0, 0.1) is 13.8 Å². The zero-order valence-electron chi connectivity index (χ0n) is 26.2. The third kappa shape index (κ3) is 7.06. The van der Waals surface area contributed by atoms with Crippen LogP contribution in [-0.2, 0) is 6.42 Å². The molecule has 1 unspecified atom stereocenters. The number of benzene rings is 4. The Morgan fingerprint density at radius 1 is 0.932 bits per heavy atom.